The zero-order valence-electron chi connectivity index (χ0n) is 15.8. The van der Waals surface area contributed by atoms with Gasteiger partial charge in [0.05, 0.1) is 18.2 Å². The molecule has 1 aromatic heterocycles. The van der Waals surface area contributed by atoms with Gasteiger partial charge in [-0.15, -0.1) is 0 Å². The number of aromatic nitrogens is 1. The first-order valence-electron chi connectivity index (χ1n) is 9.19. The minimum absolute atomic E-state index is 0.172. The van der Waals surface area contributed by atoms with Crippen molar-refractivity contribution in [2.24, 2.45) is 0 Å². The van der Waals surface area contributed by atoms with Gasteiger partial charge in [0.1, 0.15) is 0 Å². The minimum Gasteiger partial charge on any atom is -0.452 e. The summed E-state index contributed by atoms with van der Waals surface area (Å²) in [5.74, 6) is 0.291. The third kappa shape index (κ3) is 3.53. The van der Waals surface area contributed by atoms with Crippen LogP contribution in [0.3, 0.4) is 0 Å². The molecule has 2 aromatic carbocycles. The van der Waals surface area contributed by atoms with E-state index < -0.39 is 6.09 Å². The van der Waals surface area contributed by atoms with Gasteiger partial charge in [0.2, 0.25) is 0 Å². The number of nitrogens with one attached hydrogen (secondary N) is 1. The second-order valence-electron chi connectivity index (χ2n) is 6.92. The Kier molecular flexibility index (Phi) is 4.69. The average molecular weight is 375 g/mol. The van der Waals surface area contributed by atoms with Crippen molar-refractivity contribution in [2.45, 2.75) is 18.8 Å². The predicted octanol–water partition coefficient (Wildman–Crippen LogP) is 4.57. The van der Waals surface area contributed by atoms with Gasteiger partial charge >= 0.3 is 6.09 Å². The summed E-state index contributed by atoms with van der Waals surface area (Å²) in [5.41, 5.74) is 3.78. The van der Waals surface area contributed by atoms with Gasteiger partial charge in [-0.05, 0) is 49.2 Å². The second-order valence-corrected chi connectivity index (χ2v) is 6.92. The monoisotopic (exact) mass is 375 g/mol. The number of amides is 2. The summed E-state index contributed by atoms with van der Waals surface area (Å²) in [6, 6.07) is 16.7. The van der Waals surface area contributed by atoms with Crippen LogP contribution in [0.15, 0.2) is 54.6 Å². The molecule has 1 N–H and O–H groups in total. The number of nitrogens with zero attached hydrogens (tertiary/aromatic N) is 2. The highest BCUT2D eigenvalue weighted by molar-refractivity contribution is 6.12. The Balaban J connectivity index is 1.59. The number of pyridine rings is 1. The molecule has 1 fully saturated rings. The molecule has 0 atom stereocenters. The molecule has 0 radical (unpaired) electrons. The summed E-state index contributed by atoms with van der Waals surface area (Å²) < 4.78 is 4.71. The van der Waals surface area contributed by atoms with Crippen LogP contribution in [0.2, 0.25) is 0 Å². The van der Waals surface area contributed by atoms with E-state index >= 15 is 0 Å². The van der Waals surface area contributed by atoms with Crippen molar-refractivity contribution < 1.29 is 14.3 Å². The van der Waals surface area contributed by atoms with Crippen molar-refractivity contribution in [2.75, 3.05) is 24.4 Å². The number of carbonyl (C=O) groups is 2. The Labute approximate surface area is 163 Å². The number of fused-ring (bicyclic) bond motifs is 1. The molecule has 1 saturated carbocycles. The van der Waals surface area contributed by atoms with Crippen LogP contribution >= 0.6 is 0 Å². The molecule has 0 saturated heterocycles. The fraction of sp³-hybridized carbons (Fsp3) is 0.227. The topological polar surface area (TPSA) is 71.5 Å². The van der Waals surface area contributed by atoms with Crippen LogP contribution in [0.1, 0.15) is 34.8 Å². The lowest BCUT2D eigenvalue weighted by molar-refractivity contribution is 0.102. The first-order chi connectivity index (χ1) is 13.6. The van der Waals surface area contributed by atoms with E-state index in [0.717, 1.165) is 29.4 Å². The van der Waals surface area contributed by atoms with E-state index in [0.29, 0.717) is 22.9 Å². The van der Waals surface area contributed by atoms with E-state index in [4.69, 9.17) is 9.72 Å². The number of benzene rings is 2. The van der Waals surface area contributed by atoms with Gasteiger partial charge in [0.25, 0.3) is 5.91 Å². The third-order valence-electron chi connectivity index (χ3n) is 4.94. The number of hydrogen-bond donors (Lipinski definition) is 1. The molecule has 0 aliphatic heterocycles. The Hall–Kier alpha value is -3.41. The highest BCUT2D eigenvalue weighted by atomic mass is 16.5. The van der Waals surface area contributed by atoms with Gasteiger partial charge in [-0.1, -0.05) is 18.2 Å². The summed E-state index contributed by atoms with van der Waals surface area (Å²) in [6.07, 6.45) is 1.80. The Bertz CT molecular complexity index is 1040. The normalized spacial score (nSPS) is 13.2. The summed E-state index contributed by atoms with van der Waals surface area (Å²) >= 11 is 0. The largest absolute Gasteiger partial charge is 0.452 e. The van der Waals surface area contributed by atoms with Crippen molar-refractivity contribution >= 4 is 34.3 Å². The van der Waals surface area contributed by atoms with E-state index in [1.807, 2.05) is 30.3 Å². The molecule has 3 aromatic rings. The highest BCUT2D eigenvalue weighted by Crippen LogP contribution is 2.40. The van der Waals surface area contributed by atoms with Gasteiger partial charge in [0.15, 0.2) is 0 Å². The molecule has 28 heavy (non-hydrogen) atoms. The molecule has 0 spiro atoms. The van der Waals surface area contributed by atoms with E-state index in [1.165, 1.54) is 12.0 Å². The fourth-order valence-electron chi connectivity index (χ4n) is 3.18. The predicted molar refractivity (Wildman–Crippen MR) is 109 cm³/mol. The second kappa shape index (κ2) is 7.31. The number of carbonyl (C=O) groups excluding carboxylic acids is 2. The van der Waals surface area contributed by atoms with E-state index in [1.54, 1.807) is 31.3 Å². The molecule has 1 aliphatic carbocycles. The van der Waals surface area contributed by atoms with E-state index in [2.05, 4.69) is 5.32 Å². The molecule has 4 rings (SSSR count). The smallest absolute Gasteiger partial charge is 0.413 e. The SMILES string of the molecule is COC(=O)N(C)c1ccc(NC(=O)c2cc(C3CC3)nc3ccccc23)cc1. The number of ether oxygens (including phenoxy) is 1. The lowest BCUT2D eigenvalue weighted by atomic mass is 10.1. The lowest BCUT2D eigenvalue weighted by Crippen LogP contribution is -2.25. The maximum absolute atomic E-state index is 13.0. The van der Waals surface area contributed by atoms with Crippen molar-refractivity contribution in [3.8, 4) is 0 Å². The molecule has 0 bridgehead atoms. The quantitative estimate of drug-likeness (QED) is 0.725. The maximum atomic E-state index is 13.0. The van der Waals surface area contributed by atoms with Gasteiger partial charge < -0.3 is 10.1 Å². The summed E-state index contributed by atoms with van der Waals surface area (Å²) in [5, 5.41) is 3.78. The number of rotatable bonds is 4. The van der Waals surface area contributed by atoms with Gasteiger partial charge in [0, 0.05) is 35.4 Å². The zero-order chi connectivity index (χ0) is 19.7. The molecule has 0 unspecified atom stereocenters. The molecule has 2 amide bonds. The lowest BCUT2D eigenvalue weighted by Gasteiger charge is -2.16. The molecule has 1 aliphatic rings. The van der Waals surface area contributed by atoms with Gasteiger partial charge in [-0.2, -0.15) is 0 Å². The number of para-hydroxylation sites is 1. The minimum atomic E-state index is -0.451. The molecule has 142 valence electrons. The number of anilines is 2. The van der Waals surface area contributed by atoms with Crippen LogP contribution in [-0.4, -0.2) is 31.1 Å². The Morgan fingerprint density at radius 2 is 1.82 bits per heavy atom. The van der Waals surface area contributed by atoms with E-state index in [9.17, 15) is 9.59 Å². The van der Waals surface area contributed by atoms with Crippen LogP contribution in [0.4, 0.5) is 16.2 Å². The van der Waals surface area contributed by atoms with Crippen molar-refractivity contribution in [1.82, 2.24) is 4.98 Å². The van der Waals surface area contributed by atoms with Crippen LogP contribution < -0.4 is 10.2 Å². The zero-order valence-corrected chi connectivity index (χ0v) is 15.8. The Morgan fingerprint density at radius 3 is 2.50 bits per heavy atom. The standard InChI is InChI=1S/C22H21N3O3/c1-25(22(27)28-2)16-11-9-15(10-12-16)23-21(26)18-13-20(14-7-8-14)24-19-6-4-3-5-17(18)19/h3-6,9-14H,7-8H2,1-2H3,(H,23,26). The van der Waals surface area contributed by atoms with Crippen LogP contribution in [0.25, 0.3) is 10.9 Å². The van der Waals surface area contributed by atoms with Crippen LogP contribution in [0.5, 0.6) is 0 Å². The number of hydrogen-bond acceptors (Lipinski definition) is 4. The summed E-state index contributed by atoms with van der Waals surface area (Å²) in [6.45, 7) is 0. The fourth-order valence-corrected chi connectivity index (χ4v) is 3.18. The third-order valence-corrected chi connectivity index (χ3v) is 4.94. The molecule has 6 nitrogen and oxygen atoms in total. The first-order valence-corrected chi connectivity index (χ1v) is 9.19. The van der Waals surface area contributed by atoms with Crippen molar-refractivity contribution in [3.63, 3.8) is 0 Å². The van der Waals surface area contributed by atoms with Crippen LogP contribution in [-0.2, 0) is 4.74 Å². The average Bonchev–Trinajstić information content (AvgIpc) is 3.57. The van der Waals surface area contributed by atoms with Crippen molar-refractivity contribution in [3.05, 3.63) is 65.9 Å². The molecule has 1 heterocycles. The first kappa shape index (κ1) is 18.0. The molecule has 6 heteroatoms. The molecular weight excluding hydrogens is 354 g/mol. The summed E-state index contributed by atoms with van der Waals surface area (Å²) in [7, 11) is 2.96. The maximum Gasteiger partial charge on any atom is 0.413 e. The Morgan fingerprint density at radius 1 is 1.11 bits per heavy atom. The van der Waals surface area contributed by atoms with Gasteiger partial charge in [-0.25, -0.2) is 4.79 Å². The van der Waals surface area contributed by atoms with Crippen molar-refractivity contribution in [1.29, 1.82) is 0 Å². The van der Waals surface area contributed by atoms with E-state index in [-0.39, 0.29) is 5.91 Å². The van der Waals surface area contributed by atoms with Crippen LogP contribution in [0, 0.1) is 0 Å². The van der Waals surface area contributed by atoms with Gasteiger partial charge in [-0.3, -0.25) is 14.7 Å². The molecular formula is C22H21N3O3. The number of methoxy groups -OCH3 is 1. The highest BCUT2D eigenvalue weighted by Gasteiger charge is 2.27. The summed E-state index contributed by atoms with van der Waals surface area (Å²) in [4.78, 5) is 30.7.